The number of hydrogen-bond donors (Lipinski definition) is 1. The van der Waals surface area contributed by atoms with E-state index in [-0.39, 0.29) is 0 Å². The molecule has 4 nitrogen and oxygen atoms in total. The van der Waals surface area contributed by atoms with Crippen LogP contribution in [0.1, 0.15) is 11.3 Å². The van der Waals surface area contributed by atoms with Gasteiger partial charge in [0.2, 0.25) is 0 Å². The number of rotatable bonds is 4. The molecule has 1 N–H and O–H groups in total. The highest BCUT2D eigenvalue weighted by atomic mass is 15.0. The second-order valence-corrected chi connectivity index (χ2v) is 4.55. The van der Waals surface area contributed by atoms with E-state index in [0.29, 0.717) is 0 Å². The van der Waals surface area contributed by atoms with E-state index in [2.05, 4.69) is 38.2 Å². The molecule has 2 aromatic heterocycles. The average molecular weight is 252 g/mol. The molecule has 1 aromatic carbocycles. The van der Waals surface area contributed by atoms with Gasteiger partial charge in [-0.15, -0.1) is 0 Å². The molecule has 96 valence electrons. The second kappa shape index (κ2) is 5.20. The summed E-state index contributed by atoms with van der Waals surface area (Å²) < 4.78 is 2.11. The van der Waals surface area contributed by atoms with E-state index in [1.807, 2.05) is 37.8 Å². The van der Waals surface area contributed by atoms with E-state index in [1.165, 1.54) is 10.9 Å². The van der Waals surface area contributed by atoms with E-state index in [9.17, 15) is 0 Å². The summed E-state index contributed by atoms with van der Waals surface area (Å²) in [6.07, 6.45) is 5.82. The average Bonchev–Trinajstić information content (AvgIpc) is 2.87. The van der Waals surface area contributed by atoms with Gasteiger partial charge >= 0.3 is 0 Å². The molecule has 0 radical (unpaired) electrons. The van der Waals surface area contributed by atoms with Crippen molar-refractivity contribution in [2.45, 2.75) is 13.1 Å². The molecule has 0 atom stereocenters. The smallest absolute Gasteiger partial charge is 0.0953 e. The zero-order valence-corrected chi connectivity index (χ0v) is 10.9. The molecule has 4 heteroatoms. The Balaban J connectivity index is 1.92. The maximum absolute atomic E-state index is 4.38. The first-order valence-corrected chi connectivity index (χ1v) is 6.34. The molecule has 0 bridgehead atoms. The van der Waals surface area contributed by atoms with E-state index >= 15 is 0 Å². The Kier molecular flexibility index (Phi) is 3.25. The SMILES string of the molecule is CNCc1cn(Cc2ccnc3ccccc23)cn1. The molecule has 0 aliphatic heterocycles. The summed E-state index contributed by atoms with van der Waals surface area (Å²) in [4.78, 5) is 8.75. The highest BCUT2D eigenvalue weighted by molar-refractivity contribution is 5.81. The molecule has 3 aromatic rings. The van der Waals surface area contributed by atoms with Crippen molar-refractivity contribution in [3.8, 4) is 0 Å². The first-order chi connectivity index (χ1) is 9.36. The molecule has 0 unspecified atom stereocenters. The van der Waals surface area contributed by atoms with Gasteiger partial charge in [-0.25, -0.2) is 4.98 Å². The molecule has 0 aliphatic carbocycles. The number of aromatic nitrogens is 3. The zero-order chi connectivity index (χ0) is 13.1. The van der Waals surface area contributed by atoms with E-state index in [1.54, 1.807) is 0 Å². The maximum Gasteiger partial charge on any atom is 0.0953 e. The van der Waals surface area contributed by atoms with E-state index < -0.39 is 0 Å². The van der Waals surface area contributed by atoms with Crippen molar-refractivity contribution in [1.29, 1.82) is 0 Å². The third kappa shape index (κ3) is 2.48. The van der Waals surface area contributed by atoms with Gasteiger partial charge in [0.25, 0.3) is 0 Å². The van der Waals surface area contributed by atoms with Crippen molar-refractivity contribution in [1.82, 2.24) is 19.9 Å². The highest BCUT2D eigenvalue weighted by Crippen LogP contribution is 2.17. The molecule has 0 saturated heterocycles. The van der Waals surface area contributed by atoms with Crippen LogP contribution in [0.3, 0.4) is 0 Å². The predicted octanol–water partition coefficient (Wildman–Crippen LogP) is 2.20. The summed E-state index contributed by atoms with van der Waals surface area (Å²) in [6.45, 7) is 1.61. The Hall–Kier alpha value is -2.20. The standard InChI is InChI=1S/C15H16N4/c1-16-8-13-10-19(11-18-13)9-12-6-7-17-15-5-3-2-4-14(12)15/h2-7,10-11,16H,8-9H2,1H3. The number of nitrogens with zero attached hydrogens (tertiary/aromatic N) is 3. The number of para-hydroxylation sites is 1. The maximum atomic E-state index is 4.38. The summed E-state index contributed by atoms with van der Waals surface area (Å²) in [5, 5.41) is 4.31. The summed E-state index contributed by atoms with van der Waals surface area (Å²) in [5.74, 6) is 0. The van der Waals surface area contributed by atoms with Crippen LogP contribution in [0.25, 0.3) is 10.9 Å². The Morgan fingerprint density at radius 2 is 2.05 bits per heavy atom. The van der Waals surface area contributed by atoms with Gasteiger partial charge in [0.1, 0.15) is 0 Å². The van der Waals surface area contributed by atoms with Gasteiger partial charge < -0.3 is 9.88 Å². The van der Waals surface area contributed by atoms with Gasteiger partial charge in [0.15, 0.2) is 0 Å². The molecule has 0 amide bonds. The van der Waals surface area contributed by atoms with Crippen LogP contribution in [-0.4, -0.2) is 21.6 Å². The Labute approximate surface area is 112 Å². The minimum absolute atomic E-state index is 0.796. The summed E-state index contributed by atoms with van der Waals surface area (Å²) in [7, 11) is 1.93. The largest absolute Gasteiger partial charge is 0.333 e. The lowest BCUT2D eigenvalue weighted by molar-refractivity contribution is 0.784. The van der Waals surface area contributed by atoms with Crippen molar-refractivity contribution >= 4 is 10.9 Å². The third-order valence-electron chi connectivity index (χ3n) is 3.14. The van der Waals surface area contributed by atoms with Crippen molar-refractivity contribution in [2.24, 2.45) is 0 Å². The van der Waals surface area contributed by atoms with Gasteiger partial charge in [-0.05, 0) is 24.7 Å². The monoisotopic (exact) mass is 252 g/mol. The number of benzene rings is 1. The quantitative estimate of drug-likeness (QED) is 0.774. The minimum atomic E-state index is 0.796. The molecular formula is C15H16N4. The van der Waals surface area contributed by atoms with Crippen molar-refractivity contribution < 1.29 is 0 Å². The van der Waals surface area contributed by atoms with Crippen molar-refractivity contribution in [3.63, 3.8) is 0 Å². The van der Waals surface area contributed by atoms with E-state index in [4.69, 9.17) is 0 Å². The first-order valence-electron chi connectivity index (χ1n) is 6.34. The third-order valence-corrected chi connectivity index (χ3v) is 3.14. The molecule has 0 aliphatic rings. The fourth-order valence-electron chi connectivity index (χ4n) is 2.25. The van der Waals surface area contributed by atoms with Crippen LogP contribution < -0.4 is 5.32 Å². The van der Waals surface area contributed by atoms with E-state index in [0.717, 1.165) is 24.3 Å². The molecule has 2 heterocycles. The molecule has 3 rings (SSSR count). The van der Waals surface area contributed by atoms with Crippen molar-refractivity contribution in [3.05, 3.63) is 60.3 Å². The van der Waals surface area contributed by atoms with Crippen LogP contribution in [0, 0.1) is 0 Å². The van der Waals surface area contributed by atoms with Crippen molar-refractivity contribution in [2.75, 3.05) is 7.05 Å². The number of imidazole rings is 1. The summed E-state index contributed by atoms with van der Waals surface area (Å²) in [6, 6.07) is 10.3. The van der Waals surface area contributed by atoms with Gasteiger partial charge in [-0.3, -0.25) is 4.98 Å². The highest BCUT2D eigenvalue weighted by Gasteiger charge is 2.03. The molecular weight excluding hydrogens is 236 g/mol. The van der Waals surface area contributed by atoms with Crippen LogP contribution in [0.4, 0.5) is 0 Å². The van der Waals surface area contributed by atoms with Crippen LogP contribution in [0.15, 0.2) is 49.1 Å². The van der Waals surface area contributed by atoms with Gasteiger partial charge in [-0.1, -0.05) is 18.2 Å². The van der Waals surface area contributed by atoms with Gasteiger partial charge in [0.05, 0.1) is 17.5 Å². The molecule has 19 heavy (non-hydrogen) atoms. The molecule has 0 saturated carbocycles. The fourth-order valence-corrected chi connectivity index (χ4v) is 2.25. The predicted molar refractivity (Wildman–Crippen MR) is 75.8 cm³/mol. The van der Waals surface area contributed by atoms with Crippen LogP contribution in [0.5, 0.6) is 0 Å². The Bertz CT molecular complexity index is 682. The topological polar surface area (TPSA) is 42.7 Å². The van der Waals surface area contributed by atoms with Gasteiger partial charge in [0, 0.05) is 30.9 Å². The molecule has 0 spiro atoms. The minimum Gasteiger partial charge on any atom is -0.333 e. The lowest BCUT2D eigenvalue weighted by Crippen LogP contribution is -2.05. The first kappa shape index (κ1) is 11.9. The van der Waals surface area contributed by atoms with Crippen LogP contribution in [-0.2, 0) is 13.1 Å². The zero-order valence-electron chi connectivity index (χ0n) is 10.9. The van der Waals surface area contributed by atoms with Gasteiger partial charge in [-0.2, -0.15) is 0 Å². The Morgan fingerprint density at radius 3 is 2.95 bits per heavy atom. The lowest BCUT2D eigenvalue weighted by Gasteiger charge is -2.06. The van der Waals surface area contributed by atoms with Crippen LogP contribution >= 0.6 is 0 Å². The number of pyridine rings is 1. The number of fused-ring (bicyclic) bond motifs is 1. The normalized spacial score (nSPS) is 11.0. The number of nitrogens with one attached hydrogen (secondary N) is 1. The number of hydrogen-bond acceptors (Lipinski definition) is 3. The summed E-state index contributed by atoms with van der Waals surface area (Å²) >= 11 is 0. The fraction of sp³-hybridized carbons (Fsp3) is 0.200. The Morgan fingerprint density at radius 1 is 1.16 bits per heavy atom. The lowest BCUT2D eigenvalue weighted by atomic mass is 10.1. The summed E-state index contributed by atoms with van der Waals surface area (Å²) in [5.41, 5.74) is 3.36. The second-order valence-electron chi connectivity index (χ2n) is 4.55. The molecule has 0 fully saturated rings. The van der Waals surface area contributed by atoms with Crippen LogP contribution in [0.2, 0.25) is 0 Å².